The second kappa shape index (κ2) is 7.03. The number of ether oxygens (including phenoxy) is 1. The molecule has 1 N–H and O–H groups in total. The third kappa shape index (κ3) is 3.39. The van der Waals surface area contributed by atoms with Gasteiger partial charge >= 0.3 is 5.97 Å². The molecule has 2 unspecified atom stereocenters. The van der Waals surface area contributed by atoms with Gasteiger partial charge in [0.15, 0.2) is 0 Å². The van der Waals surface area contributed by atoms with Crippen LogP contribution >= 0.6 is 0 Å². The number of aryl methyl sites for hydroxylation is 1. The Hall–Kier alpha value is -2.88. The number of rotatable bonds is 5. The van der Waals surface area contributed by atoms with E-state index < -0.39 is 11.6 Å². The molecule has 3 aromatic rings. The van der Waals surface area contributed by atoms with Crippen LogP contribution in [0.25, 0.3) is 10.8 Å². The first-order valence-corrected chi connectivity index (χ1v) is 9.52. The van der Waals surface area contributed by atoms with Gasteiger partial charge in [0, 0.05) is 17.7 Å². The van der Waals surface area contributed by atoms with E-state index in [0.29, 0.717) is 6.42 Å². The minimum Gasteiger partial charge on any atom is -0.453 e. The Bertz CT molecular complexity index is 980. The van der Waals surface area contributed by atoms with Gasteiger partial charge in [0.2, 0.25) is 0 Å². The number of esters is 1. The van der Waals surface area contributed by atoms with E-state index in [1.807, 2.05) is 43.3 Å². The number of hydrogen-bond acceptors (Lipinski definition) is 4. The number of fused-ring (bicyclic) bond motifs is 1. The van der Waals surface area contributed by atoms with E-state index in [2.05, 4.69) is 41.5 Å². The predicted octanol–water partition coefficient (Wildman–Crippen LogP) is 4.83. The van der Waals surface area contributed by atoms with E-state index in [1.54, 1.807) is 0 Å². The molecule has 1 fully saturated rings. The van der Waals surface area contributed by atoms with Crippen LogP contribution < -0.4 is 5.32 Å². The SMILES string of the molecule is CCCc1cccc(NC2CC(C)(c3cccc4ccccc34)OC2=O)n1. The highest BCUT2D eigenvalue weighted by molar-refractivity contribution is 5.88. The molecule has 0 radical (unpaired) electrons. The third-order valence-electron chi connectivity index (χ3n) is 5.20. The highest BCUT2D eigenvalue weighted by Gasteiger charge is 2.45. The van der Waals surface area contributed by atoms with Gasteiger partial charge in [-0.2, -0.15) is 0 Å². The Morgan fingerprint density at radius 3 is 2.74 bits per heavy atom. The maximum atomic E-state index is 12.6. The van der Waals surface area contributed by atoms with Crippen molar-refractivity contribution >= 4 is 22.6 Å². The Labute approximate surface area is 159 Å². The number of anilines is 1. The number of nitrogens with zero attached hydrogens (tertiary/aromatic N) is 1. The van der Waals surface area contributed by atoms with Crippen LogP contribution in [0.4, 0.5) is 5.82 Å². The van der Waals surface area contributed by atoms with Crippen LogP contribution in [0.15, 0.2) is 60.7 Å². The first-order valence-electron chi connectivity index (χ1n) is 9.52. The second-order valence-corrected chi connectivity index (χ2v) is 7.34. The summed E-state index contributed by atoms with van der Waals surface area (Å²) in [6, 6.07) is 19.9. The van der Waals surface area contributed by atoms with E-state index in [4.69, 9.17) is 4.74 Å². The molecule has 0 amide bonds. The van der Waals surface area contributed by atoms with Gasteiger partial charge in [-0.1, -0.05) is 61.9 Å². The highest BCUT2D eigenvalue weighted by atomic mass is 16.6. The largest absolute Gasteiger partial charge is 0.453 e. The fraction of sp³-hybridized carbons (Fsp3) is 0.304. The minimum absolute atomic E-state index is 0.229. The van der Waals surface area contributed by atoms with Gasteiger partial charge in [-0.15, -0.1) is 0 Å². The molecule has 4 heteroatoms. The second-order valence-electron chi connectivity index (χ2n) is 7.34. The molecule has 1 saturated heterocycles. The molecule has 1 aliphatic rings. The maximum absolute atomic E-state index is 12.6. The van der Waals surface area contributed by atoms with Crippen molar-refractivity contribution in [1.82, 2.24) is 4.98 Å². The average Bonchev–Trinajstić information content (AvgIpc) is 2.96. The molecule has 0 aliphatic carbocycles. The normalized spacial score (nSPS) is 22.0. The van der Waals surface area contributed by atoms with Crippen LogP contribution in [0.1, 0.15) is 37.9 Å². The molecule has 1 aliphatic heterocycles. The summed E-state index contributed by atoms with van der Waals surface area (Å²) in [5, 5.41) is 5.55. The van der Waals surface area contributed by atoms with E-state index in [-0.39, 0.29) is 5.97 Å². The zero-order valence-corrected chi connectivity index (χ0v) is 15.7. The van der Waals surface area contributed by atoms with E-state index >= 15 is 0 Å². The lowest BCUT2D eigenvalue weighted by molar-refractivity contribution is -0.148. The van der Waals surface area contributed by atoms with Crippen LogP contribution in [-0.4, -0.2) is 17.0 Å². The van der Waals surface area contributed by atoms with Gasteiger partial charge in [0.25, 0.3) is 0 Å². The quantitative estimate of drug-likeness (QED) is 0.662. The van der Waals surface area contributed by atoms with E-state index in [0.717, 1.165) is 40.7 Å². The number of carbonyl (C=O) groups excluding carboxylic acids is 1. The van der Waals surface area contributed by atoms with Gasteiger partial charge in [-0.3, -0.25) is 0 Å². The molecule has 0 spiro atoms. The predicted molar refractivity (Wildman–Crippen MR) is 108 cm³/mol. The minimum atomic E-state index is -0.656. The van der Waals surface area contributed by atoms with Crippen molar-refractivity contribution in [3.8, 4) is 0 Å². The molecule has 2 heterocycles. The molecule has 27 heavy (non-hydrogen) atoms. The lowest BCUT2D eigenvalue weighted by Gasteiger charge is -2.24. The molecule has 2 aromatic carbocycles. The number of carbonyl (C=O) groups is 1. The maximum Gasteiger partial charge on any atom is 0.329 e. The Morgan fingerprint density at radius 2 is 1.89 bits per heavy atom. The topological polar surface area (TPSA) is 51.2 Å². The summed E-state index contributed by atoms with van der Waals surface area (Å²) < 4.78 is 5.88. The van der Waals surface area contributed by atoms with Crippen LogP contribution in [0.2, 0.25) is 0 Å². The van der Waals surface area contributed by atoms with Gasteiger partial charge in [0.1, 0.15) is 17.5 Å². The van der Waals surface area contributed by atoms with Gasteiger partial charge < -0.3 is 10.1 Å². The Kier molecular flexibility index (Phi) is 4.56. The van der Waals surface area contributed by atoms with Gasteiger partial charge in [0.05, 0.1) is 0 Å². The number of pyridine rings is 1. The van der Waals surface area contributed by atoms with E-state index in [9.17, 15) is 4.79 Å². The molecule has 4 nitrogen and oxygen atoms in total. The molecular formula is C23H24N2O2. The van der Waals surface area contributed by atoms with Crippen LogP contribution in [-0.2, 0) is 21.6 Å². The zero-order valence-electron chi connectivity index (χ0n) is 15.7. The number of aromatic nitrogens is 1. The molecule has 138 valence electrons. The van der Waals surface area contributed by atoms with Crippen molar-refractivity contribution < 1.29 is 9.53 Å². The van der Waals surface area contributed by atoms with Crippen molar-refractivity contribution in [3.63, 3.8) is 0 Å². The lowest BCUT2D eigenvalue weighted by Crippen LogP contribution is -2.25. The standard InChI is InChI=1S/C23H24N2O2/c1-3-8-17-11-7-14-21(24-17)25-20-15-23(2,27-22(20)26)19-13-6-10-16-9-4-5-12-18(16)19/h4-7,9-14,20H,3,8,15H2,1-2H3,(H,24,25). The Balaban J connectivity index is 1.60. The Morgan fingerprint density at radius 1 is 1.11 bits per heavy atom. The summed E-state index contributed by atoms with van der Waals surface area (Å²) in [6.07, 6.45) is 2.54. The monoisotopic (exact) mass is 360 g/mol. The molecule has 0 saturated carbocycles. The molecule has 0 bridgehead atoms. The third-order valence-corrected chi connectivity index (χ3v) is 5.20. The van der Waals surface area contributed by atoms with Crippen molar-refractivity contribution in [1.29, 1.82) is 0 Å². The molecular weight excluding hydrogens is 336 g/mol. The van der Waals surface area contributed by atoms with Crippen molar-refractivity contribution in [3.05, 3.63) is 71.9 Å². The number of cyclic esters (lactones) is 1. The summed E-state index contributed by atoms with van der Waals surface area (Å²) >= 11 is 0. The fourth-order valence-corrected chi connectivity index (χ4v) is 3.90. The van der Waals surface area contributed by atoms with Crippen LogP contribution in [0.5, 0.6) is 0 Å². The lowest BCUT2D eigenvalue weighted by atomic mass is 9.87. The van der Waals surface area contributed by atoms with Crippen LogP contribution in [0, 0.1) is 0 Å². The van der Waals surface area contributed by atoms with Crippen molar-refractivity contribution in [2.45, 2.75) is 44.8 Å². The summed E-state index contributed by atoms with van der Waals surface area (Å²) in [5.41, 5.74) is 1.42. The molecule has 4 rings (SSSR count). The average molecular weight is 360 g/mol. The smallest absolute Gasteiger partial charge is 0.329 e. The summed E-state index contributed by atoms with van der Waals surface area (Å²) in [6.45, 7) is 4.13. The first-order chi connectivity index (χ1) is 13.1. The van der Waals surface area contributed by atoms with Crippen LogP contribution in [0.3, 0.4) is 0 Å². The van der Waals surface area contributed by atoms with Crippen molar-refractivity contribution in [2.24, 2.45) is 0 Å². The fourth-order valence-electron chi connectivity index (χ4n) is 3.90. The number of benzene rings is 2. The summed E-state index contributed by atoms with van der Waals surface area (Å²) in [4.78, 5) is 17.2. The van der Waals surface area contributed by atoms with Crippen molar-refractivity contribution in [2.75, 3.05) is 5.32 Å². The summed E-state index contributed by atoms with van der Waals surface area (Å²) in [5.74, 6) is 0.498. The molecule has 1 aromatic heterocycles. The molecule has 2 atom stereocenters. The first kappa shape index (κ1) is 17.5. The van der Waals surface area contributed by atoms with E-state index in [1.165, 1.54) is 0 Å². The van der Waals surface area contributed by atoms with Gasteiger partial charge in [-0.25, -0.2) is 9.78 Å². The summed E-state index contributed by atoms with van der Waals surface area (Å²) in [7, 11) is 0. The van der Waals surface area contributed by atoms with Gasteiger partial charge in [-0.05, 0) is 36.2 Å². The zero-order chi connectivity index (χ0) is 18.9. The number of hydrogen-bond donors (Lipinski definition) is 1. The highest BCUT2D eigenvalue weighted by Crippen LogP contribution is 2.40. The number of nitrogens with one attached hydrogen (secondary N) is 1.